The number of hydrogen-bond donors (Lipinski definition) is 6. The number of thiophene rings is 1. The highest BCUT2D eigenvalue weighted by Crippen LogP contribution is 2.66. The van der Waals surface area contributed by atoms with E-state index in [0.717, 1.165) is 38.7 Å². The quantitative estimate of drug-likeness (QED) is 0.00319. The largest absolute Gasteiger partial charge is 0.737 e. The predicted octanol–water partition coefficient (Wildman–Crippen LogP) is 10.4. The molecule has 31 nitrogen and oxygen atoms in total. The van der Waals surface area contributed by atoms with E-state index < -0.39 is 80.3 Å². The highest BCUT2D eigenvalue weighted by Gasteiger charge is 2.53. The van der Waals surface area contributed by atoms with Crippen LogP contribution in [-0.2, 0) is 57.2 Å². The molecule has 9 rings (SSSR count). The van der Waals surface area contributed by atoms with Gasteiger partial charge in [0.15, 0.2) is 29.4 Å². The van der Waals surface area contributed by atoms with E-state index in [1.54, 1.807) is 66.8 Å². The fourth-order valence-corrected chi connectivity index (χ4v) is 14.3. The molecular formula is C57H60BF2N12O19P3S. The van der Waals surface area contributed by atoms with Gasteiger partial charge in [-0.25, -0.2) is 18.5 Å². The number of phosphoric acid groups is 3. The first-order valence-corrected chi connectivity index (χ1v) is 34.5. The lowest BCUT2D eigenvalue weighted by molar-refractivity contribution is -0.360. The Morgan fingerprint density at radius 3 is 2.38 bits per heavy atom. The molecule has 3 unspecified atom stereocenters. The first-order chi connectivity index (χ1) is 45.4. The van der Waals surface area contributed by atoms with Gasteiger partial charge in [-0.1, -0.05) is 65.6 Å². The number of azide groups is 2. The van der Waals surface area contributed by atoms with Crippen LogP contribution in [0, 0.1) is 11.8 Å². The van der Waals surface area contributed by atoms with Crippen molar-refractivity contribution in [2.75, 3.05) is 38.9 Å². The Hall–Kier alpha value is -8.63. The van der Waals surface area contributed by atoms with Crippen LogP contribution in [0.3, 0.4) is 0 Å². The molecule has 6 aromatic rings. The maximum atomic E-state index is 16.2. The monoisotopic (exact) mass is 1390 g/mol. The van der Waals surface area contributed by atoms with Crippen molar-refractivity contribution in [3.8, 4) is 23.3 Å². The van der Waals surface area contributed by atoms with E-state index in [1.165, 1.54) is 40.3 Å². The fraction of sp³-hybridized carbons (Fsp3) is 0.333. The number of ether oxygens (including phenoxy) is 5. The van der Waals surface area contributed by atoms with Gasteiger partial charge in [0.05, 0.1) is 47.3 Å². The van der Waals surface area contributed by atoms with E-state index in [1.807, 2.05) is 17.5 Å². The van der Waals surface area contributed by atoms with Crippen LogP contribution in [0.1, 0.15) is 114 Å². The third kappa shape index (κ3) is 19.1. The van der Waals surface area contributed by atoms with Crippen LogP contribution in [0.5, 0.6) is 11.5 Å². The third-order valence-electron chi connectivity index (χ3n) is 14.6. The summed E-state index contributed by atoms with van der Waals surface area (Å²) < 4.78 is 112. The van der Waals surface area contributed by atoms with Gasteiger partial charge in [0.2, 0.25) is 5.95 Å². The second-order valence-electron chi connectivity index (χ2n) is 21.3. The molecule has 0 radical (unpaired) electrons. The van der Waals surface area contributed by atoms with Crippen LogP contribution in [0.15, 0.2) is 111 Å². The number of phosphoric ester groups is 1. The first kappa shape index (κ1) is 70.7. The van der Waals surface area contributed by atoms with Crippen molar-refractivity contribution < 1.29 is 97.6 Å². The van der Waals surface area contributed by atoms with Crippen molar-refractivity contribution in [3.05, 3.63) is 166 Å². The molecule has 4 aromatic heterocycles. The molecule has 0 saturated carbocycles. The number of nitrogen functional groups attached to an aromatic ring is 1. The van der Waals surface area contributed by atoms with E-state index >= 15 is 8.63 Å². The minimum atomic E-state index is -5.87. The molecule has 0 amide bonds. The van der Waals surface area contributed by atoms with Crippen molar-refractivity contribution in [2.24, 2.45) is 10.2 Å². The SMILES string of the molecule is [N-]=[N+]=NCOC1C[C@H](n2cc(C#CCOC(=O)c3ccc(OCCCC(=O)CCCCCCCC(=O)COc4ccc(/C=C/c5ccc6n5[B-](F)(F)[N+]5=C(c7cccs7)C=CC5=C6)cc4)cc3CN=[N+]=[N-])c3c(=O)[nH]c(N)nc32)O[C@@H]1COP(=O)(O)OP(=O)(O)OP(=O)(O)O. The Labute approximate surface area is 542 Å². The number of hydrogen-bond acceptors (Lipinski definition) is 20. The number of nitrogens with two attached hydrogens (primary N) is 1. The molecule has 500 valence electrons. The molecule has 0 aliphatic carbocycles. The normalized spacial score (nSPS) is 17.6. The zero-order valence-corrected chi connectivity index (χ0v) is 53.5. The zero-order valence-electron chi connectivity index (χ0n) is 50.0. The topological polar surface area (TPSA) is 439 Å². The number of aromatic nitrogens is 4. The van der Waals surface area contributed by atoms with Gasteiger partial charge in [0.1, 0.15) is 43.0 Å². The summed E-state index contributed by atoms with van der Waals surface area (Å²) in [5.41, 5.74) is 25.6. The van der Waals surface area contributed by atoms with Gasteiger partial charge in [-0.2, -0.15) is 13.6 Å². The number of aromatic amines is 1. The number of rotatable bonds is 34. The molecule has 5 atom stereocenters. The highest BCUT2D eigenvalue weighted by atomic mass is 32.1. The average molecular weight is 1390 g/mol. The van der Waals surface area contributed by atoms with Crippen LogP contribution >= 0.6 is 34.8 Å². The maximum absolute atomic E-state index is 16.2. The smallest absolute Gasteiger partial charge is 0.494 e. The van der Waals surface area contributed by atoms with Crippen molar-refractivity contribution in [2.45, 2.75) is 89.2 Å². The van der Waals surface area contributed by atoms with E-state index in [2.05, 4.69) is 50.5 Å². The maximum Gasteiger partial charge on any atom is 0.737 e. The lowest BCUT2D eigenvalue weighted by Crippen LogP contribution is -2.50. The number of benzene rings is 2. The average Bonchev–Trinajstić information content (AvgIpc) is 1.63. The first-order valence-electron chi connectivity index (χ1n) is 29.1. The molecule has 95 heavy (non-hydrogen) atoms. The molecule has 1 fully saturated rings. The van der Waals surface area contributed by atoms with Gasteiger partial charge in [-0.15, -0.1) is 11.3 Å². The number of carbonyl (C=O) groups is 3. The van der Waals surface area contributed by atoms with E-state index in [4.69, 9.17) is 54.8 Å². The van der Waals surface area contributed by atoms with E-state index in [9.17, 15) is 42.7 Å². The minimum absolute atomic E-state index is 0.0196. The molecule has 0 bridgehead atoms. The Kier molecular flexibility index (Phi) is 23.6. The van der Waals surface area contributed by atoms with Crippen molar-refractivity contribution in [3.63, 3.8) is 0 Å². The Balaban J connectivity index is 0.673. The van der Waals surface area contributed by atoms with Gasteiger partial charge in [-0.3, -0.25) is 23.9 Å². The van der Waals surface area contributed by atoms with Crippen molar-refractivity contribution >= 4 is 100 Å². The number of ketones is 2. The van der Waals surface area contributed by atoms with Gasteiger partial charge in [-0.05, 0) is 101 Å². The lowest BCUT2D eigenvalue weighted by atomic mass is 9.90. The van der Waals surface area contributed by atoms with Crippen LogP contribution < -0.4 is 20.8 Å². The zero-order chi connectivity index (χ0) is 67.9. The van der Waals surface area contributed by atoms with Gasteiger partial charge < -0.3 is 71.2 Å². The van der Waals surface area contributed by atoms with Crippen LogP contribution in [0.4, 0.5) is 14.6 Å². The number of nitrogens with zero attached hydrogens (tertiary/aromatic N) is 10. The number of H-pyrrole nitrogens is 1. The lowest BCUT2D eigenvalue weighted by Gasteiger charge is -2.30. The summed E-state index contributed by atoms with van der Waals surface area (Å²) in [7, 11) is -17.2. The molecule has 0 spiro atoms. The van der Waals surface area contributed by atoms with Crippen molar-refractivity contribution in [1.82, 2.24) is 19.0 Å². The number of esters is 1. The number of Topliss-reactive ketones (excluding diaryl/α,β-unsaturated/α-hetero) is 2. The molecule has 7 N–H and O–H groups in total. The molecule has 7 heterocycles. The van der Waals surface area contributed by atoms with Crippen LogP contribution in [0.25, 0.3) is 50.1 Å². The summed E-state index contributed by atoms with van der Waals surface area (Å²) in [6, 6.07) is 18.5. The summed E-state index contributed by atoms with van der Waals surface area (Å²) in [5, 5.41) is 8.61. The Morgan fingerprint density at radius 1 is 0.905 bits per heavy atom. The molecule has 2 aromatic carbocycles. The van der Waals surface area contributed by atoms with E-state index in [0.29, 0.717) is 66.4 Å². The number of carbonyl (C=O) groups excluding carboxylic acids is 3. The minimum Gasteiger partial charge on any atom is -0.494 e. The Morgan fingerprint density at radius 2 is 1.64 bits per heavy atom. The fourth-order valence-electron chi connectivity index (χ4n) is 10.5. The third-order valence-corrected chi connectivity index (χ3v) is 19.3. The number of anilines is 1. The summed E-state index contributed by atoms with van der Waals surface area (Å²) in [4.78, 5) is 102. The predicted molar refractivity (Wildman–Crippen MR) is 340 cm³/mol. The van der Waals surface area contributed by atoms with Gasteiger partial charge >= 0.3 is 36.4 Å². The molecule has 1 saturated heterocycles. The number of fused-ring (bicyclic) bond motifs is 3. The Bertz CT molecular complexity index is 4380. The number of unbranched alkanes of at least 4 members (excludes halogenated alkanes) is 4. The second-order valence-corrected chi connectivity index (χ2v) is 26.6. The molecule has 38 heteroatoms. The van der Waals surface area contributed by atoms with Gasteiger partial charge in [0.25, 0.3) is 5.56 Å². The summed E-state index contributed by atoms with van der Waals surface area (Å²) >= 11 is 1.41. The summed E-state index contributed by atoms with van der Waals surface area (Å²) in [6.45, 7) is -6.42. The molecular weight excluding hydrogens is 1330 g/mol. The number of allylic oxidation sites excluding steroid dienone is 2. The highest BCUT2D eigenvalue weighted by molar-refractivity contribution is 7.66. The van der Waals surface area contributed by atoms with Crippen LogP contribution in [0.2, 0.25) is 0 Å². The van der Waals surface area contributed by atoms with Crippen LogP contribution in [-0.4, -0.2) is 119 Å². The van der Waals surface area contributed by atoms with Crippen molar-refractivity contribution in [1.29, 1.82) is 0 Å². The summed E-state index contributed by atoms with van der Waals surface area (Å²) in [6.07, 6.45) is 11.4. The number of halogens is 2. The van der Waals surface area contributed by atoms with E-state index in [-0.39, 0.29) is 77.8 Å². The second kappa shape index (κ2) is 31.7. The van der Waals surface area contributed by atoms with Gasteiger partial charge in [0, 0.05) is 71.3 Å². The molecule has 3 aliphatic rings. The number of nitrogens with one attached hydrogen (secondary N) is 1. The molecule has 3 aliphatic heterocycles. The standard InChI is InChI=1S/C57H60BF2N12O19P3S/c59-58(60)71-40(18-19-41(71)30-42-20-25-48(72(42)58)51-13-8-28-95-51)17-14-37-15-21-45(22-16-37)86-34-44(74)11-5-3-1-2-4-10-43(73)12-7-26-84-46-23-24-47(39(29-46)32-64-68-62)56(76)85-27-6-9-38-33-70(54-53(38)55(75)67-57(61)66-54)52-31-49(87-36-65-69-63)50(89-52)35-88-93(80,81)91-94(82,83)90-92(77,78)79/h8,13-25,28-30,33,49-50,52H,1-5,7,10-12,26-27,31-32,34-36H2,(H,80,81)(H,82,83)(H2,77,78,79)(H3,61,66,67,75)/b17-14+/t49?,50-,52-/m1/s1. The summed E-state index contributed by atoms with van der Waals surface area (Å²) in [5.74, 6) is 5.03.